The number of ether oxygens (including phenoxy) is 1. The van der Waals surface area contributed by atoms with Gasteiger partial charge in [-0.3, -0.25) is 4.90 Å². The Hall–Kier alpha value is -3.47. The number of nitrogens with one attached hydrogen (secondary N) is 1. The maximum absolute atomic E-state index is 12.8. The highest BCUT2D eigenvalue weighted by Gasteiger charge is 2.17. The number of hydrogen-bond donors (Lipinski definition) is 2. The smallest absolute Gasteiger partial charge is 0.326 e. The summed E-state index contributed by atoms with van der Waals surface area (Å²) in [5.74, 6) is 0.838. The minimum atomic E-state index is -0.189. The molecule has 3 aromatic rings. The van der Waals surface area contributed by atoms with E-state index >= 15 is 0 Å². The van der Waals surface area contributed by atoms with Crippen molar-refractivity contribution in [3.05, 3.63) is 84.4 Å². The predicted molar refractivity (Wildman–Crippen MR) is 114 cm³/mol. The van der Waals surface area contributed by atoms with Gasteiger partial charge in [-0.05, 0) is 61.9 Å². The molecular weight excluding hydrogens is 350 g/mol. The molecule has 0 saturated carbocycles. The van der Waals surface area contributed by atoms with E-state index in [9.17, 15) is 4.79 Å². The van der Waals surface area contributed by atoms with Gasteiger partial charge in [-0.25, -0.2) is 4.79 Å². The van der Waals surface area contributed by atoms with Crippen molar-refractivity contribution in [3.8, 4) is 5.75 Å². The number of rotatable bonds is 7. The van der Waals surface area contributed by atoms with E-state index in [0.29, 0.717) is 25.3 Å². The maximum atomic E-state index is 12.8. The van der Waals surface area contributed by atoms with E-state index < -0.39 is 0 Å². The van der Waals surface area contributed by atoms with Crippen LogP contribution in [0.3, 0.4) is 0 Å². The molecule has 0 spiro atoms. The van der Waals surface area contributed by atoms with Gasteiger partial charge in [-0.1, -0.05) is 35.9 Å². The Labute approximate surface area is 165 Å². The molecule has 0 atom stereocenters. The van der Waals surface area contributed by atoms with Crippen LogP contribution in [0.4, 0.5) is 21.9 Å². The molecule has 144 valence electrons. The van der Waals surface area contributed by atoms with E-state index in [2.05, 4.69) is 5.32 Å². The fraction of sp³-hybridized carbons (Fsp3) is 0.174. The lowest BCUT2D eigenvalue weighted by Crippen LogP contribution is -2.37. The Balaban J connectivity index is 1.57. The highest BCUT2D eigenvalue weighted by Crippen LogP contribution is 2.26. The number of aryl methyl sites for hydroxylation is 1. The number of nitrogen functional groups attached to an aromatic ring is 1. The normalized spacial score (nSPS) is 10.3. The molecule has 0 saturated heterocycles. The molecule has 3 aromatic carbocycles. The second-order valence-electron chi connectivity index (χ2n) is 6.51. The zero-order chi connectivity index (χ0) is 19.8. The van der Waals surface area contributed by atoms with Gasteiger partial charge in [0.05, 0.1) is 18.0 Å². The molecule has 0 radical (unpaired) electrons. The third kappa shape index (κ3) is 5.27. The summed E-state index contributed by atoms with van der Waals surface area (Å²) < 4.78 is 5.71. The summed E-state index contributed by atoms with van der Waals surface area (Å²) in [6, 6.07) is 24.5. The van der Waals surface area contributed by atoms with Gasteiger partial charge in [-0.2, -0.15) is 0 Å². The van der Waals surface area contributed by atoms with Crippen molar-refractivity contribution in [2.45, 2.75) is 13.3 Å². The number of amides is 2. The summed E-state index contributed by atoms with van der Waals surface area (Å²) >= 11 is 0. The highest BCUT2D eigenvalue weighted by atomic mass is 16.5. The fourth-order valence-corrected chi connectivity index (χ4v) is 2.76. The minimum Gasteiger partial charge on any atom is -0.494 e. The molecular formula is C23H25N3O2. The summed E-state index contributed by atoms with van der Waals surface area (Å²) in [6.45, 7) is 3.10. The van der Waals surface area contributed by atoms with Crippen LogP contribution in [0.25, 0.3) is 0 Å². The lowest BCUT2D eigenvalue weighted by molar-refractivity contribution is 0.246. The van der Waals surface area contributed by atoms with Crippen molar-refractivity contribution in [2.75, 3.05) is 23.8 Å². The van der Waals surface area contributed by atoms with Crippen LogP contribution in [0.15, 0.2) is 78.9 Å². The third-order valence-corrected chi connectivity index (χ3v) is 4.26. The largest absolute Gasteiger partial charge is 0.494 e. The van der Waals surface area contributed by atoms with Crippen LogP contribution < -0.4 is 20.7 Å². The van der Waals surface area contributed by atoms with Gasteiger partial charge in [0, 0.05) is 12.2 Å². The van der Waals surface area contributed by atoms with E-state index in [1.54, 1.807) is 17.0 Å². The molecule has 3 rings (SSSR count). The average molecular weight is 375 g/mol. The molecule has 3 N–H and O–H groups in total. The maximum Gasteiger partial charge on any atom is 0.326 e. The van der Waals surface area contributed by atoms with Crippen LogP contribution in [-0.2, 0) is 0 Å². The molecule has 0 aliphatic carbocycles. The monoisotopic (exact) mass is 375 g/mol. The summed E-state index contributed by atoms with van der Waals surface area (Å²) in [4.78, 5) is 14.5. The standard InChI is InChI=1S/C23H25N3O2/c1-18-8-14-22(15-9-18)28-17-5-16-25-23(27)26(20-6-3-2-4-7-20)21-12-10-19(24)11-13-21/h2-4,6-15H,5,16-17,24H2,1H3,(H,25,27). The van der Waals surface area contributed by atoms with Gasteiger partial charge in [0.1, 0.15) is 5.75 Å². The van der Waals surface area contributed by atoms with Crippen LogP contribution in [0.5, 0.6) is 5.75 Å². The number of hydrogen-bond acceptors (Lipinski definition) is 3. The summed E-state index contributed by atoms with van der Waals surface area (Å²) in [6.07, 6.45) is 0.712. The van der Waals surface area contributed by atoms with Crippen LogP contribution in [0, 0.1) is 6.92 Å². The predicted octanol–water partition coefficient (Wildman–Crippen LogP) is 4.89. The summed E-state index contributed by atoms with van der Waals surface area (Å²) in [7, 11) is 0. The first-order chi connectivity index (χ1) is 13.6. The number of nitrogens with two attached hydrogens (primary N) is 1. The van der Waals surface area contributed by atoms with Gasteiger partial charge >= 0.3 is 6.03 Å². The second kappa shape index (κ2) is 9.46. The summed E-state index contributed by atoms with van der Waals surface area (Å²) in [5, 5.41) is 2.97. The van der Waals surface area contributed by atoms with Gasteiger partial charge in [0.25, 0.3) is 0 Å². The molecule has 2 amide bonds. The van der Waals surface area contributed by atoms with Gasteiger partial charge in [-0.15, -0.1) is 0 Å². The van der Waals surface area contributed by atoms with Crippen molar-refractivity contribution < 1.29 is 9.53 Å². The SMILES string of the molecule is Cc1ccc(OCCCNC(=O)N(c2ccccc2)c2ccc(N)cc2)cc1. The topological polar surface area (TPSA) is 67.6 Å². The molecule has 0 heterocycles. The van der Waals surface area contributed by atoms with E-state index in [1.807, 2.05) is 73.7 Å². The molecule has 5 nitrogen and oxygen atoms in total. The Morgan fingerprint density at radius 3 is 2.25 bits per heavy atom. The average Bonchev–Trinajstić information content (AvgIpc) is 2.72. The lowest BCUT2D eigenvalue weighted by atomic mass is 10.2. The third-order valence-electron chi connectivity index (χ3n) is 4.26. The van der Waals surface area contributed by atoms with Crippen LogP contribution in [0.2, 0.25) is 0 Å². The van der Waals surface area contributed by atoms with Crippen molar-refractivity contribution >= 4 is 23.1 Å². The van der Waals surface area contributed by atoms with Crippen LogP contribution in [0.1, 0.15) is 12.0 Å². The number of carbonyl (C=O) groups excluding carboxylic acids is 1. The van der Waals surface area contributed by atoms with Crippen molar-refractivity contribution in [3.63, 3.8) is 0 Å². The zero-order valence-corrected chi connectivity index (χ0v) is 16.0. The van der Waals surface area contributed by atoms with Crippen molar-refractivity contribution in [1.82, 2.24) is 5.32 Å². The zero-order valence-electron chi connectivity index (χ0n) is 16.0. The van der Waals surface area contributed by atoms with Crippen LogP contribution >= 0.6 is 0 Å². The Morgan fingerprint density at radius 2 is 1.57 bits per heavy atom. The fourth-order valence-electron chi connectivity index (χ4n) is 2.76. The first kappa shape index (κ1) is 19.3. The summed E-state index contributed by atoms with van der Waals surface area (Å²) in [5.41, 5.74) is 9.18. The van der Waals surface area contributed by atoms with E-state index in [0.717, 1.165) is 17.1 Å². The number of anilines is 3. The quantitative estimate of drug-likeness (QED) is 0.456. The number of nitrogens with zero attached hydrogens (tertiary/aromatic N) is 1. The molecule has 0 fully saturated rings. The molecule has 0 aromatic heterocycles. The Kier molecular flexibility index (Phi) is 6.52. The Bertz CT molecular complexity index is 878. The number of benzene rings is 3. The first-order valence-corrected chi connectivity index (χ1v) is 9.31. The number of para-hydroxylation sites is 1. The van der Waals surface area contributed by atoms with Gasteiger partial charge < -0.3 is 15.8 Å². The molecule has 28 heavy (non-hydrogen) atoms. The van der Waals surface area contributed by atoms with Gasteiger partial charge in [0.15, 0.2) is 0 Å². The number of carbonyl (C=O) groups is 1. The molecule has 5 heteroatoms. The number of urea groups is 1. The van der Waals surface area contributed by atoms with Gasteiger partial charge in [0.2, 0.25) is 0 Å². The van der Waals surface area contributed by atoms with Crippen LogP contribution in [-0.4, -0.2) is 19.2 Å². The van der Waals surface area contributed by atoms with Crippen molar-refractivity contribution in [1.29, 1.82) is 0 Å². The molecule has 0 bridgehead atoms. The van der Waals surface area contributed by atoms with E-state index in [4.69, 9.17) is 10.5 Å². The minimum absolute atomic E-state index is 0.189. The second-order valence-corrected chi connectivity index (χ2v) is 6.51. The molecule has 0 aliphatic rings. The molecule has 0 unspecified atom stereocenters. The first-order valence-electron chi connectivity index (χ1n) is 9.31. The lowest BCUT2D eigenvalue weighted by Gasteiger charge is -2.23. The Morgan fingerprint density at radius 1 is 0.929 bits per heavy atom. The van der Waals surface area contributed by atoms with Crippen molar-refractivity contribution in [2.24, 2.45) is 0 Å². The molecule has 0 aliphatic heterocycles. The van der Waals surface area contributed by atoms with E-state index in [-0.39, 0.29) is 6.03 Å². The van der Waals surface area contributed by atoms with E-state index in [1.165, 1.54) is 5.56 Å². The highest BCUT2D eigenvalue weighted by molar-refractivity contribution is 5.99.